The Balaban J connectivity index is 1.47. The van der Waals surface area contributed by atoms with E-state index in [-0.39, 0.29) is 5.91 Å². The van der Waals surface area contributed by atoms with Crippen LogP contribution in [0.1, 0.15) is 17.9 Å². The molecule has 0 bridgehead atoms. The van der Waals surface area contributed by atoms with Crippen molar-refractivity contribution in [3.05, 3.63) is 36.0 Å². The van der Waals surface area contributed by atoms with Gasteiger partial charge >= 0.3 is 0 Å². The van der Waals surface area contributed by atoms with Gasteiger partial charge in [0.2, 0.25) is 11.1 Å². The molecule has 9 nitrogen and oxygen atoms in total. The highest BCUT2D eigenvalue weighted by Gasteiger charge is 2.11. The number of nitrogens with zero attached hydrogens (tertiary/aromatic N) is 5. The Morgan fingerprint density at radius 2 is 2.39 bits per heavy atom. The smallest absolute Gasteiger partial charge is 0.226 e. The van der Waals surface area contributed by atoms with Crippen LogP contribution in [0.4, 0.5) is 5.82 Å². The summed E-state index contributed by atoms with van der Waals surface area (Å²) in [4.78, 5) is 11.8. The van der Waals surface area contributed by atoms with Gasteiger partial charge in [0.25, 0.3) is 0 Å². The number of hydrogen-bond acceptors (Lipinski definition) is 8. The fourth-order valence-corrected chi connectivity index (χ4v) is 2.63. The molecule has 0 aliphatic heterocycles. The van der Waals surface area contributed by atoms with E-state index in [0.29, 0.717) is 35.5 Å². The van der Waals surface area contributed by atoms with Crippen molar-refractivity contribution in [1.82, 2.24) is 25.4 Å². The Kier molecular flexibility index (Phi) is 4.71. The van der Waals surface area contributed by atoms with E-state index < -0.39 is 0 Å². The minimum Gasteiger partial charge on any atom is -0.467 e. The molecular weight excluding hydrogens is 320 g/mol. The zero-order chi connectivity index (χ0) is 16.1. The van der Waals surface area contributed by atoms with Gasteiger partial charge in [-0.25, -0.2) is 4.68 Å². The first kappa shape index (κ1) is 15.3. The number of carbonyl (C=O) groups is 1. The zero-order valence-electron chi connectivity index (χ0n) is 12.3. The molecule has 0 aromatic carbocycles. The molecule has 0 fully saturated rings. The van der Waals surface area contributed by atoms with E-state index in [2.05, 4.69) is 26.0 Å². The van der Waals surface area contributed by atoms with E-state index in [1.807, 2.05) is 12.1 Å². The lowest BCUT2D eigenvalue weighted by Gasteiger charge is -2.03. The predicted molar refractivity (Wildman–Crippen MR) is 80.8 cm³/mol. The van der Waals surface area contributed by atoms with E-state index in [4.69, 9.17) is 8.94 Å². The third-order valence-corrected chi connectivity index (χ3v) is 3.80. The molecule has 0 atom stereocenters. The van der Waals surface area contributed by atoms with Crippen LogP contribution in [0.3, 0.4) is 0 Å². The lowest BCUT2D eigenvalue weighted by Crippen LogP contribution is -2.12. The number of hydrogen-bond donors (Lipinski definition) is 1. The van der Waals surface area contributed by atoms with Gasteiger partial charge < -0.3 is 14.3 Å². The van der Waals surface area contributed by atoms with Gasteiger partial charge in [-0.1, -0.05) is 16.9 Å². The van der Waals surface area contributed by atoms with E-state index in [0.717, 1.165) is 5.76 Å². The van der Waals surface area contributed by atoms with Crippen molar-refractivity contribution < 1.29 is 13.7 Å². The Bertz CT molecular complexity index is 766. The summed E-state index contributed by atoms with van der Waals surface area (Å²) in [5.74, 6) is 2.22. The van der Waals surface area contributed by atoms with Crippen molar-refractivity contribution in [2.75, 3.05) is 11.1 Å². The summed E-state index contributed by atoms with van der Waals surface area (Å²) in [5.41, 5.74) is 0. The molecule has 10 heteroatoms. The van der Waals surface area contributed by atoms with Gasteiger partial charge in [0.1, 0.15) is 18.1 Å². The van der Waals surface area contributed by atoms with Crippen LogP contribution in [0, 0.1) is 6.92 Å². The van der Waals surface area contributed by atoms with Gasteiger partial charge in [-0.15, -0.1) is 5.10 Å². The van der Waals surface area contributed by atoms with Crippen molar-refractivity contribution in [2.24, 2.45) is 0 Å². The molecule has 0 aliphatic carbocycles. The van der Waals surface area contributed by atoms with E-state index in [1.165, 1.54) is 11.8 Å². The number of tetrazole rings is 1. The molecule has 0 unspecified atom stereocenters. The van der Waals surface area contributed by atoms with Gasteiger partial charge in [-0.3, -0.25) is 4.79 Å². The molecule has 1 N–H and O–H groups in total. The standard InChI is InChI=1S/C13H14N6O3S/c1-9-7-11(16-22-9)14-12(20)4-6-23-13-15-17-18-19(13)8-10-3-2-5-21-10/h2-3,5,7H,4,6,8H2,1H3,(H,14,16,20). The van der Waals surface area contributed by atoms with Crippen LogP contribution in [0.5, 0.6) is 0 Å². The highest BCUT2D eigenvalue weighted by Crippen LogP contribution is 2.16. The summed E-state index contributed by atoms with van der Waals surface area (Å²) in [7, 11) is 0. The number of aromatic nitrogens is 5. The van der Waals surface area contributed by atoms with Gasteiger partial charge in [-0.2, -0.15) is 0 Å². The second-order valence-electron chi connectivity index (χ2n) is 4.67. The van der Waals surface area contributed by atoms with Crippen LogP contribution in [0.2, 0.25) is 0 Å². The lowest BCUT2D eigenvalue weighted by molar-refractivity contribution is -0.115. The van der Waals surface area contributed by atoms with Crippen molar-refractivity contribution in [2.45, 2.75) is 25.0 Å². The SMILES string of the molecule is Cc1cc(NC(=O)CCSc2nnnn2Cc2ccco2)no1. The average molecular weight is 334 g/mol. The zero-order valence-corrected chi connectivity index (χ0v) is 13.1. The maximum Gasteiger partial charge on any atom is 0.226 e. The van der Waals surface area contributed by atoms with Gasteiger partial charge in [0.15, 0.2) is 5.82 Å². The van der Waals surface area contributed by atoms with Crippen LogP contribution < -0.4 is 5.32 Å². The average Bonchev–Trinajstić information content (AvgIpc) is 3.24. The molecule has 120 valence electrons. The molecule has 0 saturated heterocycles. The predicted octanol–water partition coefficient (Wildman–Crippen LogP) is 1.73. The number of thioether (sulfide) groups is 1. The molecule has 0 spiro atoms. The molecule has 0 saturated carbocycles. The summed E-state index contributed by atoms with van der Waals surface area (Å²) in [6.45, 7) is 2.21. The minimum absolute atomic E-state index is 0.143. The highest BCUT2D eigenvalue weighted by molar-refractivity contribution is 7.99. The molecule has 3 aromatic rings. The van der Waals surface area contributed by atoms with E-state index in [1.54, 1.807) is 23.9 Å². The number of furan rings is 1. The number of carbonyl (C=O) groups excluding carboxylic acids is 1. The highest BCUT2D eigenvalue weighted by atomic mass is 32.2. The molecule has 0 aliphatic rings. The normalized spacial score (nSPS) is 10.8. The molecular formula is C13H14N6O3S. The third kappa shape index (κ3) is 4.19. The molecule has 0 radical (unpaired) electrons. The molecule has 23 heavy (non-hydrogen) atoms. The fourth-order valence-electron chi connectivity index (χ4n) is 1.81. The molecule has 3 aromatic heterocycles. The summed E-state index contributed by atoms with van der Waals surface area (Å²) < 4.78 is 11.8. The molecule has 3 heterocycles. The quantitative estimate of drug-likeness (QED) is 0.650. The Hall–Kier alpha value is -2.62. The second kappa shape index (κ2) is 7.09. The fraction of sp³-hybridized carbons (Fsp3) is 0.308. The summed E-state index contributed by atoms with van der Waals surface area (Å²) >= 11 is 1.40. The van der Waals surface area contributed by atoms with E-state index >= 15 is 0 Å². The van der Waals surface area contributed by atoms with Crippen LogP contribution in [0.25, 0.3) is 0 Å². The number of anilines is 1. The van der Waals surface area contributed by atoms with Crippen molar-refractivity contribution >= 4 is 23.5 Å². The van der Waals surface area contributed by atoms with Crippen LogP contribution in [-0.2, 0) is 11.3 Å². The van der Waals surface area contributed by atoms with E-state index in [9.17, 15) is 4.79 Å². The Morgan fingerprint density at radius 3 is 3.13 bits per heavy atom. The first-order chi connectivity index (χ1) is 11.2. The van der Waals surface area contributed by atoms with Gasteiger partial charge in [-0.05, 0) is 29.5 Å². The Morgan fingerprint density at radius 1 is 1.48 bits per heavy atom. The summed E-state index contributed by atoms with van der Waals surface area (Å²) in [6, 6.07) is 5.32. The monoisotopic (exact) mass is 334 g/mol. The first-order valence-corrected chi connectivity index (χ1v) is 7.84. The summed E-state index contributed by atoms with van der Waals surface area (Å²) in [5, 5.41) is 18.5. The topological polar surface area (TPSA) is 112 Å². The number of aryl methyl sites for hydroxylation is 1. The number of amides is 1. The van der Waals surface area contributed by atoms with Crippen LogP contribution in [0.15, 0.2) is 38.6 Å². The van der Waals surface area contributed by atoms with Crippen molar-refractivity contribution in [3.63, 3.8) is 0 Å². The summed E-state index contributed by atoms with van der Waals surface area (Å²) in [6.07, 6.45) is 1.91. The van der Waals surface area contributed by atoms with Crippen molar-refractivity contribution in [3.8, 4) is 0 Å². The molecule has 1 amide bonds. The van der Waals surface area contributed by atoms with Gasteiger partial charge in [0.05, 0.1) is 6.26 Å². The largest absolute Gasteiger partial charge is 0.467 e. The van der Waals surface area contributed by atoms with Gasteiger partial charge in [0, 0.05) is 18.2 Å². The maximum atomic E-state index is 11.8. The third-order valence-electron chi connectivity index (χ3n) is 2.84. The minimum atomic E-state index is -0.143. The maximum absolute atomic E-state index is 11.8. The van der Waals surface area contributed by atoms with Crippen LogP contribution in [-0.4, -0.2) is 37.0 Å². The van der Waals surface area contributed by atoms with Crippen LogP contribution >= 0.6 is 11.8 Å². The van der Waals surface area contributed by atoms with Crippen molar-refractivity contribution in [1.29, 1.82) is 0 Å². The number of nitrogens with one attached hydrogen (secondary N) is 1. The lowest BCUT2D eigenvalue weighted by atomic mass is 10.4. The molecule has 3 rings (SSSR count). The first-order valence-electron chi connectivity index (χ1n) is 6.85. The second-order valence-corrected chi connectivity index (χ2v) is 5.73. The Labute approximate surface area is 135 Å². The number of rotatable bonds is 7.